The molecule has 0 aliphatic heterocycles. The molecule has 0 saturated carbocycles. The Balaban J connectivity index is 1.58. The maximum atomic E-state index is 12.8. The van der Waals surface area contributed by atoms with E-state index in [1.165, 1.54) is 11.3 Å². The van der Waals surface area contributed by atoms with Gasteiger partial charge in [-0.3, -0.25) is 4.79 Å². The summed E-state index contributed by atoms with van der Waals surface area (Å²) in [7, 11) is 1.57. The van der Waals surface area contributed by atoms with E-state index in [1.807, 2.05) is 30.3 Å². The van der Waals surface area contributed by atoms with E-state index in [9.17, 15) is 9.59 Å². The van der Waals surface area contributed by atoms with Gasteiger partial charge in [0.05, 0.1) is 23.2 Å². The summed E-state index contributed by atoms with van der Waals surface area (Å²) < 4.78 is 5.13. The molecule has 7 nitrogen and oxygen atoms in total. The SMILES string of the molecule is COCCN(Cc1nc(C(=O)NCCc2ccccc2)cs1)C(=O)Nc1ccc(Cl)c(Cl)c1. The van der Waals surface area contributed by atoms with Crippen LogP contribution in [0.2, 0.25) is 10.0 Å². The smallest absolute Gasteiger partial charge is 0.322 e. The van der Waals surface area contributed by atoms with Crippen molar-refractivity contribution >= 4 is 52.2 Å². The van der Waals surface area contributed by atoms with Gasteiger partial charge in [0.2, 0.25) is 0 Å². The van der Waals surface area contributed by atoms with E-state index >= 15 is 0 Å². The van der Waals surface area contributed by atoms with Crippen molar-refractivity contribution in [3.8, 4) is 0 Å². The molecule has 3 aromatic rings. The lowest BCUT2D eigenvalue weighted by atomic mass is 10.1. The molecule has 0 atom stereocenters. The fraction of sp³-hybridized carbons (Fsp3) is 0.261. The van der Waals surface area contributed by atoms with E-state index in [-0.39, 0.29) is 18.5 Å². The number of hydrogen-bond donors (Lipinski definition) is 2. The zero-order valence-corrected chi connectivity index (χ0v) is 20.3. The third kappa shape index (κ3) is 7.71. The first-order valence-electron chi connectivity index (χ1n) is 10.2. The van der Waals surface area contributed by atoms with E-state index in [0.717, 1.165) is 12.0 Å². The highest BCUT2D eigenvalue weighted by molar-refractivity contribution is 7.09. The van der Waals surface area contributed by atoms with Crippen LogP contribution in [-0.2, 0) is 17.7 Å². The summed E-state index contributed by atoms with van der Waals surface area (Å²) in [5, 5.41) is 8.77. The Labute approximate surface area is 206 Å². The van der Waals surface area contributed by atoms with Crippen molar-refractivity contribution in [3.05, 3.63) is 80.2 Å². The minimum absolute atomic E-state index is 0.235. The number of amides is 3. The van der Waals surface area contributed by atoms with Crippen LogP contribution in [0.25, 0.3) is 0 Å². The van der Waals surface area contributed by atoms with Crippen molar-refractivity contribution in [1.29, 1.82) is 0 Å². The Morgan fingerprint density at radius 1 is 1.12 bits per heavy atom. The highest BCUT2D eigenvalue weighted by Gasteiger charge is 2.18. The van der Waals surface area contributed by atoms with Crippen LogP contribution in [0.5, 0.6) is 0 Å². The molecule has 174 valence electrons. The lowest BCUT2D eigenvalue weighted by Gasteiger charge is -2.22. The van der Waals surface area contributed by atoms with Gasteiger partial charge in [0.25, 0.3) is 5.91 Å². The van der Waals surface area contributed by atoms with E-state index < -0.39 is 0 Å². The standard InChI is InChI=1S/C23H24Cl2N4O3S/c1-32-12-11-29(23(31)27-17-7-8-18(24)19(25)13-17)14-21-28-20(15-33-21)22(30)26-10-9-16-5-3-2-4-6-16/h2-8,13,15H,9-12,14H2,1H3,(H,26,30)(H,27,31). The Morgan fingerprint density at radius 2 is 1.91 bits per heavy atom. The van der Waals surface area contributed by atoms with Crippen LogP contribution in [-0.4, -0.2) is 48.6 Å². The van der Waals surface area contributed by atoms with Gasteiger partial charge in [-0.25, -0.2) is 9.78 Å². The number of nitrogens with zero attached hydrogens (tertiary/aromatic N) is 2. The van der Waals surface area contributed by atoms with Gasteiger partial charge in [-0.05, 0) is 30.2 Å². The summed E-state index contributed by atoms with van der Waals surface area (Å²) in [4.78, 5) is 31.2. The van der Waals surface area contributed by atoms with Crippen LogP contribution in [0.15, 0.2) is 53.9 Å². The first kappa shape index (κ1) is 25.0. The average molecular weight is 507 g/mol. The summed E-state index contributed by atoms with van der Waals surface area (Å²) in [6.07, 6.45) is 0.739. The Bertz CT molecular complexity index is 1080. The van der Waals surface area contributed by atoms with Crippen molar-refractivity contribution in [2.75, 3.05) is 32.1 Å². The zero-order chi connectivity index (χ0) is 23.6. The number of ether oxygens (including phenoxy) is 1. The van der Waals surface area contributed by atoms with Gasteiger partial charge in [-0.2, -0.15) is 0 Å². The van der Waals surface area contributed by atoms with Crippen LogP contribution in [0, 0.1) is 0 Å². The number of thiazole rings is 1. The van der Waals surface area contributed by atoms with Crippen LogP contribution < -0.4 is 10.6 Å². The van der Waals surface area contributed by atoms with Gasteiger partial charge in [-0.1, -0.05) is 53.5 Å². The molecule has 1 heterocycles. The molecule has 2 N–H and O–H groups in total. The molecule has 0 radical (unpaired) electrons. The second-order valence-electron chi connectivity index (χ2n) is 7.09. The van der Waals surface area contributed by atoms with E-state index in [4.69, 9.17) is 27.9 Å². The van der Waals surface area contributed by atoms with E-state index in [2.05, 4.69) is 15.6 Å². The number of rotatable bonds is 10. The van der Waals surface area contributed by atoms with Crippen molar-refractivity contribution < 1.29 is 14.3 Å². The molecule has 0 fully saturated rings. The van der Waals surface area contributed by atoms with Crippen molar-refractivity contribution in [2.24, 2.45) is 0 Å². The van der Waals surface area contributed by atoms with Gasteiger partial charge in [0, 0.05) is 31.3 Å². The highest BCUT2D eigenvalue weighted by atomic mass is 35.5. The summed E-state index contributed by atoms with van der Waals surface area (Å²) in [5.74, 6) is -0.239. The summed E-state index contributed by atoms with van der Waals surface area (Å²) in [5.41, 5.74) is 2.01. The number of benzene rings is 2. The number of halogens is 2. The summed E-state index contributed by atoms with van der Waals surface area (Å²) in [6, 6.07) is 14.5. The zero-order valence-electron chi connectivity index (χ0n) is 18.0. The molecule has 3 rings (SSSR count). The number of carbonyl (C=O) groups is 2. The molecule has 0 spiro atoms. The maximum absolute atomic E-state index is 12.8. The van der Waals surface area contributed by atoms with Gasteiger partial charge in [0.1, 0.15) is 10.7 Å². The molecule has 0 aliphatic rings. The van der Waals surface area contributed by atoms with Gasteiger partial charge in [-0.15, -0.1) is 11.3 Å². The third-order valence-electron chi connectivity index (χ3n) is 4.68. The normalized spacial score (nSPS) is 10.6. The quantitative estimate of drug-likeness (QED) is 0.400. The van der Waals surface area contributed by atoms with Crippen LogP contribution in [0.3, 0.4) is 0 Å². The number of carbonyl (C=O) groups excluding carboxylic acids is 2. The van der Waals surface area contributed by atoms with Crippen molar-refractivity contribution in [2.45, 2.75) is 13.0 Å². The van der Waals surface area contributed by atoms with Crippen LogP contribution >= 0.6 is 34.5 Å². The number of anilines is 1. The second kappa shape index (κ2) is 12.6. The molecule has 3 amide bonds. The summed E-state index contributed by atoms with van der Waals surface area (Å²) in [6.45, 7) is 1.45. The number of nitrogens with one attached hydrogen (secondary N) is 2. The van der Waals surface area contributed by atoms with Crippen LogP contribution in [0.4, 0.5) is 10.5 Å². The van der Waals surface area contributed by atoms with E-state index in [1.54, 1.807) is 35.6 Å². The first-order chi connectivity index (χ1) is 16.0. The van der Waals surface area contributed by atoms with Gasteiger partial charge >= 0.3 is 6.03 Å². The largest absolute Gasteiger partial charge is 0.383 e. The molecule has 0 saturated heterocycles. The molecule has 0 unspecified atom stereocenters. The molecule has 2 aromatic carbocycles. The van der Waals surface area contributed by atoms with Gasteiger partial charge < -0.3 is 20.3 Å². The fourth-order valence-corrected chi connectivity index (χ4v) is 4.02. The predicted molar refractivity (Wildman–Crippen MR) is 132 cm³/mol. The topological polar surface area (TPSA) is 83.6 Å². The molecular weight excluding hydrogens is 483 g/mol. The molecular formula is C23H24Cl2N4O3S. The number of urea groups is 1. The molecule has 0 aliphatic carbocycles. The average Bonchev–Trinajstić information content (AvgIpc) is 3.28. The third-order valence-corrected chi connectivity index (χ3v) is 6.25. The Morgan fingerprint density at radius 3 is 2.64 bits per heavy atom. The fourth-order valence-electron chi connectivity index (χ4n) is 2.94. The second-order valence-corrected chi connectivity index (χ2v) is 8.85. The van der Waals surface area contributed by atoms with E-state index in [0.29, 0.717) is 46.1 Å². The minimum atomic E-state index is -0.338. The lowest BCUT2D eigenvalue weighted by Crippen LogP contribution is -2.36. The first-order valence-corrected chi connectivity index (χ1v) is 11.9. The molecule has 33 heavy (non-hydrogen) atoms. The van der Waals surface area contributed by atoms with Crippen molar-refractivity contribution in [3.63, 3.8) is 0 Å². The lowest BCUT2D eigenvalue weighted by molar-refractivity contribution is 0.0949. The number of aromatic nitrogens is 1. The molecule has 10 heteroatoms. The van der Waals surface area contributed by atoms with Crippen LogP contribution in [0.1, 0.15) is 21.1 Å². The Kier molecular flexibility index (Phi) is 9.50. The summed E-state index contributed by atoms with van der Waals surface area (Å²) >= 11 is 13.3. The maximum Gasteiger partial charge on any atom is 0.322 e. The molecule has 0 bridgehead atoms. The number of methoxy groups -OCH3 is 1. The highest BCUT2D eigenvalue weighted by Crippen LogP contribution is 2.25. The number of hydrogen-bond acceptors (Lipinski definition) is 5. The van der Waals surface area contributed by atoms with Gasteiger partial charge in [0.15, 0.2) is 0 Å². The minimum Gasteiger partial charge on any atom is -0.383 e. The predicted octanol–water partition coefficient (Wildman–Crippen LogP) is 5.10. The van der Waals surface area contributed by atoms with Crippen molar-refractivity contribution in [1.82, 2.24) is 15.2 Å². The monoisotopic (exact) mass is 506 g/mol. The molecule has 1 aromatic heterocycles. The Hall–Kier alpha value is -2.65.